The molecule has 0 fully saturated rings. The van der Waals surface area contributed by atoms with Gasteiger partial charge in [-0.2, -0.15) is 9.97 Å². The van der Waals surface area contributed by atoms with Crippen molar-refractivity contribution in [3.8, 4) is 6.01 Å². The van der Waals surface area contributed by atoms with Gasteiger partial charge in [-0.25, -0.2) is 4.39 Å². The topological polar surface area (TPSA) is 67.3 Å². The summed E-state index contributed by atoms with van der Waals surface area (Å²) in [6.45, 7) is 13.6. The second-order valence-corrected chi connectivity index (χ2v) is 14.0. The highest BCUT2D eigenvalue weighted by Gasteiger charge is 2.22. The molecule has 2 atom stereocenters. The summed E-state index contributed by atoms with van der Waals surface area (Å²) < 4.78 is 20.5. The van der Waals surface area contributed by atoms with Crippen LogP contribution >= 0.6 is 11.6 Å². The molecule has 2 aromatic carbocycles. The smallest absolute Gasteiger partial charge is 0.318 e. The number of Topliss-reactive ketones (excluding diaryl/α,β-unsaturated/α-hetero) is 1. The molecule has 0 bridgehead atoms. The first kappa shape index (κ1) is 40.4. The number of carbonyl (C=O) groups excluding carboxylic acids is 1. The fraction of sp³-hybridized carbons (Fsp3) is 0.585. The molecule has 1 aromatic heterocycles. The number of nitrogens with one attached hydrogen (secondary N) is 1. The molecule has 270 valence electrons. The molecule has 49 heavy (non-hydrogen) atoms. The average molecular weight is 695 g/mol. The van der Waals surface area contributed by atoms with Crippen molar-refractivity contribution in [2.45, 2.75) is 112 Å². The van der Waals surface area contributed by atoms with E-state index in [1.807, 2.05) is 12.1 Å². The number of anilines is 1. The molecule has 0 aliphatic rings. The summed E-state index contributed by atoms with van der Waals surface area (Å²) in [6, 6.07) is 13.0. The molecule has 0 aliphatic heterocycles. The molecule has 0 saturated heterocycles. The van der Waals surface area contributed by atoms with Crippen LogP contribution in [0.25, 0.3) is 10.8 Å². The van der Waals surface area contributed by atoms with Crippen molar-refractivity contribution < 1.29 is 13.9 Å². The predicted octanol–water partition coefficient (Wildman–Crippen LogP) is 10.3. The number of carbonyl (C=O) groups is 1. The standard InChI is InChI=1S/C41H60ClFN4O2/c1-7-10-17-31(5)29-49-41-45-37(9-3)34(22-12-11-18-32-19-15-20-33-21-16-23-35(42)39(32)33)40(46-41)47(28-30(4)8-2)27-14-13-24-38(48)36(43)25-26-44-6/h15-16,19-21,23,25,30-31,44H,7-14,17-18,22,24,26-29H2,1-6H3/b36-25+/t30-,31-/m0/s1. The van der Waals surface area contributed by atoms with Crippen LogP contribution in [-0.2, 0) is 24.1 Å². The van der Waals surface area contributed by atoms with Crippen molar-refractivity contribution >= 4 is 34.0 Å². The van der Waals surface area contributed by atoms with Gasteiger partial charge in [-0.1, -0.05) is 95.8 Å². The number of aryl methyl sites for hydroxylation is 2. The summed E-state index contributed by atoms with van der Waals surface area (Å²) in [6.07, 6.45) is 12.0. The first-order chi connectivity index (χ1) is 23.7. The average Bonchev–Trinajstić information content (AvgIpc) is 3.11. The van der Waals surface area contributed by atoms with Crippen molar-refractivity contribution in [1.82, 2.24) is 15.3 Å². The van der Waals surface area contributed by atoms with Crippen LogP contribution in [0.1, 0.15) is 109 Å². The van der Waals surface area contributed by atoms with E-state index in [1.54, 1.807) is 7.05 Å². The van der Waals surface area contributed by atoms with Crippen LogP contribution in [0.3, 0.4) is 0 Å². The molecule has 1 N–H and O–H groups in total. The maximum atomic E-state index is 14.2. The van der Waals surface area contributed by atoms with Crippen molar-refractivity contribution in [1.29, 1.82) is 0 Å². The van der Waals surface area contributed by atoms with Gasteiger partial charge in [-0.15, -0.1) is 0 Å². The minimum Gasteiger partial charge on any atom is -0.463 e. The molecule has 0 radical (unpaired) electrons. The molecule has 0 saturated carbocycles. The van der Waals surface area contributed by atoms with Crippen LogP contribution < -0.4 is 15.0 Å². The van der Waals surface area contributed by atoms with Crippen LogP contribution in [-0.4, -0.2) is 49.0 Å². The molecular formula is C41H60ClFN4O2. The molecule has 1 heterocycles. The van der Waals surface area contributed by atoms with Gasteiger partial charge in [0, 0.05) is 42.0 Å². The van der Waals surface area contributed by atoms with Crippen LogP contribution in [0.2, 0.25) is 5.02 Å². The molecule has 0 spiro atoms. The van der Waals surface area contributed by atoms with E-state index in [1.165, 1.54) is 35.4 Å². The zero-order chi connectivity index (χ0) is 35.6. The van der Waals surface area contributed by atoms with Crippen LogP contribution in [0, 0.1) is 11.8 Å². The SMILES string of the molecule is CCCC[C@H](C)COc1nc(CC)c(CCCCc2cccc3cccc(Cl)c23)c(N(CCCCC(=O)/C(F)=C\CNC)C[C@@H](C)CC)n1. The Balaban J connectivity index is 1.85. The van der Waals surface area contributed by atoms with E-state index in [2.05, 4.69) is 69.1 Å². The fourth-order valence-corrected chi connectivity index (χ4v) is 6.52. The van der Waals surface area contributed by atoms with Gasteiger partial charge in [-0.3, -0.25) is 4.79 Å². The summed E-state index contributed by atoms with van der Waals surface area (Å²) in [7, 11) is 1.73. The second-order valence-electron chi connectivity index (χ2n) is 13.6. The number of nitrogens with zero attached hydrogens (tertiary/aromatic N) is 3. The van der Waals surface area contributed by atoms with Gasteiger partial charge < -0.3 is 15.0 Å². The summed E-state index contributed by atoms with van der Waals surface area (Å²) in [5, 5.41) is 5.98. The molecule has 6 nitrogen and oxygen atoms in total. The summed E-state index contributed by atoms with van der Waals surface area (Å²) in [5.74, 6) is 0.738. The number of unbranched alkanes of at least 4 members (excludes halogenated alkanes) is 3. The predicted molar refractivity (Wildman–Crippen MR) is 205 cm³/mol. The third kappa shape index (κ3) is 13.0. The zero-order valence-electron chi connectivity index (χ0n) is 30.9. The zero-order valence-corrected chi connectivity index (χ0v) is 31.7. The van der Waals surface area contributed by atoms with E-state index in [4.69, 9.17) is 26.3 Å². The van der Waals surface area contributed by atoms with Crippen molar-refractivity contribution in [2.75, 3.05) is 38.2 Å². The van der Waals surface area contributed by atoms with Crippen molar-refractivity contribution in [3.05, 3.63) is 70.1 Å². The van der Waals surface area contributed by atoms with Gasteiger partial charge in [0.05, 0.1) is 12.3 Å². The maximum Gasteiger partial charge on any atom is 0.318 e. The number of ketones is 1. The van der Waals surface area contributed by atoms with Gasteiger partial charge in [0.2, 0.25) is 0 Å². The summed E-state index contributed by atoms with van der Waals surface area (Å²) in [5.41, 5.74) is 3.50. The van der Waals surface area contributed by atoms with Crippen molar-refractivity contribution in [2.24, 2.45) is 11.8 Å². The Morgan fingerprint density at radius 2 is 1.76 bits per heavy atom. The van der Waals surface area contributed by atoms with Crippen molar-refractivity contribution in [3.63, 3.8) is 0 Å². The minimum atomic E-state index is -0.655. The van der Waals surface area contributed by atoms with E-state index >= 15 is 0 Å². The molecular weight excluding hydrogens is 635 g/mol. The number of halogens is 2. The molecule has 0 amide bonds. The molecule has 3 aromatic rings. The minimum absolute atomic E-state index is 0.197. The first-order valence-corrected chi connectivity index (χ1v) is 19.1. The lowest BCUT2D eigenvalue weighted by atomic mass is 9.97. The maximum absolute atomic E-state index is 14.2. The molecule has 0 unspecified atom stereocenters. The molecule has 3 rings (SSSR count). The Morgan fingerprint density at radius 1 is 1.00 bits per heavy atom. The van der Waals surface area contributed by atoms with Gasteiger partial charge in [0.25, 0.3) is 0 Å². The Kier molecular flexibility index (Phi) is 18.1. The molecule has 8 heteroatoms. The summed E-state index contributed by atoms with van der Waals surface area (Å²) in [4.78, 5) is 24.8. The van der Waals surface area contributed by atoms with E-state index in [-0.39, 0.29) is 6.42 Å². The first-order valence-electron chi connectivity index (χ1n) is 18.7. The number of fused-ring (bicyclic) bond motifs is 1. The van der Waals surface area contributed by atoms with E-state index in [0.29, 0.717) is 37.4 Å². The Bertz CT molecular complexity index is 1470. The number of hydrogen-bond donors (Lipinski definition) is 1. The van der Waals surface area contributed by atoms with Gasteiger partial charge in [0.15, 0.2) is 11.6 Å². The number of likely N-dealkylation sites (N-methyl/N-ethyl adjacent to an activating group) is 1. The van der Waals surface area contributed by atoms with Crippen LogP contribution in [0.5, 0.6) is 6.01 Å². The quantitative estimate of drug-likeness (QED) is 0.0744. The highest BCUT2D eigenvalue weighted by Crippen LogP contribution is 2.31. The van der Waals surface area contributed by atoms with Gasteiger partial charge in [-0.05, 0) is 93.3 Å². The number of ether oxygens (including phenoxy) is 1. The number of hydrogen-bond acceptors (Lipinski definition) is 6. The van der Waals surface area contributed by atoms with Crippen LogP contribution in [0.15, 0.2) is 48.3 Å². The Labute approximate surface area is 300 Å². The van der Waals surface area contributed by atoms with E-state index < -0.39 is 11.6 Å². The monoisotopic (exact) mass is 694 g/mol. The Hall–Kier alpha value is -3.03. The van der Waals surface area contributed by atoms with Gasteiger partial charge in [0.1, 0.15) is 5.82 Å². The van der Waals surface area contributed by atoms with E-state index in [9.17, 15) is 9.18 Å². The number of rotatable bonds is 24. The highest BCUT2D eigenvalue weighted by molar-refractivity contribution is 6.35. The van der Waals surface area contributed by atoms with Gasteiger partial charge >= 0.3 is 6.01 Å². The number of allylic oxidation sites excluding steroid dienone is 1. The Morgan fingerprint density at radius 3 is 2.47 bits per heavy atom. The largest absolute Gasteiger partial charge is 0.463 e. The third-order valence-corrected chi connectivity index (χ3v) is 9.67. The summed E-state index contributed by atoms with van der Waals surface area (Å²) >= 11 is 6.63. The third-order valence-electron chi connectivity index (χ3n) is 9.36. The number of benzene rings is 2. The number of aromatic nitrogens is 2. The lowest BCUT2D eigenvalue weighted by Gasteiger charge is -2.30. The second kappa shape index (κ2) is 21.9. The van der Waals surface area contributed by atoms with Crippen LogP contribution in [0.4, 0.5) is 10.2 Å². The fourth-order valence-electron chi connectivity index (χ4n) is 6.22. The normalized spacial score (nSPS) is 13.1. The molecule has 0 aliphatic carbocycles. The lowest BCUT2D eigenvalue weighted by molar-refractivity contribution is -0.117. The lowest BCUT2D eigenvalue weighted by Crippen LogP contribution is -2.32. The highest BCUT2D eigenvalue weighted by atomic mass is 35.5. The van der Waals surface area contributed by atoms with E-state index in [0.717, 1.165) is 86.4 Å².